The molecule has 0 aliphatic heterocycles. The summed E-state index contributed by atoms with van der Waals surface area (Å²) in [6.45, 7) is 3.77. The first-order valence-corrected chi connectivity index (χ1v) is 5.74. The minimum Gasteiger partial charge on any atom is -0.870 e. The van der Waals surface area contributed by atoms with Gasteiger partial charge in [-0.15, -0.1) is 0 Å². The van der Waals surface area contributed by atoms with Gasteiger partial charge in [-0.3, -0.25) is 9.59 Å². The molecule has 1 aromatic rings. The van der Waals surface area contributed by atoms with Crippen LogP contribution < -0.4 is 56.5 Å². The number of rotatable bonds is 2. The molecule has 0 radical (unpaired) electrons. The van der Waals surface area contributed by atoms with Gasteiger partial charge >= 0.3 is 51.4 Å². The van der Waals surface area contributed by atoms with Crippen LogP contribution in [0.2, 0.25) is 0 Å². The number of hydrogen-bond acceptors (Lipinski definition) is 3. The molecule has 92 valence electrons. The number of ketones is 2. The molecule has 0 atom stereocenters. The van der Waals surface area contributed by atoms with E-state index >= 15 is 0 Å². The maximum atomic E-state index is 12.1. The van der Waals surface area contributed by atoms with Crippen LogP contribution in [0.15, 0.2) is 47.2 Å². The molecule has 4 heteroatoms. The van der Waals surface area contributed by atoms with Crippen molar-refractivity contribution < 1.29 is 66.1 Å². The van der Waals surface area contributed by atoms with Crippen molar-refractivity contribution in [2.45, 2.75) is 20.3 Å². The van der Waals surface area contributed by atoms with E-state index in [1.807, 2.05) is 13.8 Å². The van der Waals surface area contributed by atoms with Crippen LogP contribution in [0.25, 0.3) is 0 Å². The number of carbonyl (C=O) groups is 2. The van der Waals surface area contributed by atoms with Gasteiger partial charge in [0, 0.05) is 11.1 Å². The van der Waals surface area contributed by atoms with Gasteiger partial charge in [-0.1, -0.05) is 41.7 Å². The van der Waals surface area contributed by atoms with E-state index in [4.69, 9.17) is 0 Å². The quantitative estimate of drug-likeness (QED) is 0.518. The molecule has 1 aliphatic rings. The Morgan fingerprint density at radius 2 is 1.63 bits per heavy atom. The van der Waals surface area contributed by atoms with Crippen molar-refractivity contribution in [2.24, 2.45) is 0 Å². The van der Waals surface area contributed by atoms with Crippen LogP contribution in [0.3, 0.4) is 0 Å². The number of carbonyl (C=O) groups excluding carboxylic acids is 2. The number of benzene rings is 1. The summed E-state index contributed by atoms with van der Waals surface area (Å²) in [5.41, 5.74) is 1.63. The molecule has 3 nitrogen and oxygen atoms in total. The fraction of sp³-hybridized carbons (Fsp3) is 0.200. The number of Topliss-reactive ketones (excluding diaryl/α,β-unsaturated/α-hetero) is 2. The van der Waals surface area contributed by atoms with Gasteiger partial charge < -0.3 is 5.11 Å². The first-order valence-electron chi connectivity index (χ1n) is 5.74. The minimum atomic E-state index is -0.670. The van der Waals surface area contributed by atoms with Crippen molar-refractivity contribution in [1.82, 2.24) is 0 Å². The Kier molecular flexibility index (Phi) is 5.89. The smallest absolute Gasteiger partial charge is 0.870 e. The maximum absolute atomic E-state index is 12.1. The summed E-state index contributed by atoms with van der Waals surface area (Å²) in [6, 6.07) is 6.45. The van der Waals surface area contributed by atoms with Crippen LogP contribution in [0.4, 0.5) is 0 Å². The Morgan fingerprint density at radius 3 is 2.16 bits per heavy atom. The fourth-order valence-electron chi connectivity index (χ4n) is 1.90. The van der Waals surface area contributed by atoms with E-state index < -0.39 is 11.5 Å². The zero-order valence-electron chi connectivity index (χ0n) is 11.3. The molecule has 0 heterocycles. The van der Waals surface area contributed by atoms with Gasteiger partial charge in [0.05, 0.1) is 0 Å². The van der Waals surface area contributed by atoms with Gasteiger partial charge in [0.1, 0.15) is 0 Å². The van der Waals surface area contributed by atoms with E-state index in [0.29, 0.717) is 5.56 Å². The zero-order valence-corrected chi connectivity index (χ0v) is 14.4. The summed E-state index contributed by atoms with van der Waals surface area (Å²) in [6.07, 6.45) is 2.01. The Bertz CT molecular complexity index is 593. The third kappa shape index (κ3) is 3.33. The molecule has 0 fully saturated rings. The van der Waals surface area contributed by atoms with Gasteiger partial charge in [0.15, 0.2) is 11.6 Å². The Morgan fingerprint density at radius 1 is 1.11 bits per heavy atom. The van der Waals surface area contributed by atoms with E-state index in [1.54, 1.807) is 24.3 Å². The predicted molar refractivity (Wildman–Crippen MR) is 66.2 cm³/mol. The third-order valence-corrected chi connectivity index (χ3v) is 2.89. The molecule has 0 bridgehead atoms. The van der Waals surface area contributed by atoms with Crippen molar-refractivity contribution >= 4 is 11.6 Å². The van der Waals surface area contributed by atoms with Crippen LogP contribution >= 0.6 is 0 Å². The second-order valence-corrected chi connectivity index (χ2v) is 4.50. The monoisotopic (exact) mass is 280 g/mol. The van der Waals surface area contributed by atoms with Crippen LogP contribution in [0.5, 0.6) is 0 Å². The molecule has 0 amide bonds. The van der Waals surface area contributed by atoms with Crippen LogP contribution in [0.1, 0.15) is 41.0 Å². The largest absolute Gasteiger partial charge is 1.00 e. The first kappa shape index (κ1) is 16.5. The Hall–Kier alpha value is -0.524. The molecular weight excluding hydrogens is 267 g/mol. The first-order chi connectivity index (χ1) is 8.52. The van der Waals surface area contributed by atoms with Crippen LogP contribution in [-0.4, -0.2) is 11.6 Å². The molecule has 0 unspecified atom stereocenters. The Labute approximate surface area is 154 Å². The van der Waals surface area contributed by atoms with Gasteiger partial charge in [-0.25, -0.2) is 0 Å². The van der Waals surface area contributed by atoms with E-state index in [0.717, 1.165) is 5.57 Å². The molecular formula is C15H13KO3. The summed E-state index contributed by atoms with van der Waals surface area (Å²) in [5, 5.41) is 11.9. The molecule has 0 saturated carbocycles. The molecule has 0 spiro atoms. The Balaban J connectivity index is 0.00000180. The third-order valence-electron chi connectivity index (χ3n) is 2.89. The van der Waals surface area contributed by atoms with Crippen LogP contribution in [-0.2, 0) is 0 Å². The van der Waals surface area contributed by atoms with E-state index in [-0.39, 0.29) is 74.7 Å². The standard InChI is InChI=1S/C15H14O3.K/c1-9(2)7-8-12-13(16)10-5-3-4-6-11(10)14(17)15(12)18;/h3-7,18H,8H2,1-2H3;/q;+1/p-1. The number of allylic oxidation sites excluding steroid dienone is 4. The van der Waals surface area contributed by atoms with Gasteiger partial charge in [0.2, 0.25) is 0 Å². The minimum absolute atomic E-state index is 0. The fourth-order valence-corrected chi connectivity index (χ4v) is 1.90. The second kappa shape index (κ2) is 6.77. The van der Waals surface area contributed by atoms with Crippen molar-refractivity contribution in [3.8, 4) is 0 Å². The van der Waals surface area contributed by atoms with Crippen molar-refractivity contribution in [1.29, 1.82) is 0 Å². The molecule has 1 aliphatic carbocycles. The topological polar surface area (TPSA) is 57.2 Å². The summed E-state index contributed by atoms with van der Waals surface area (Å²) < 4.78 is 0. The van der Waals surface area contributed by atoms with Gasteiger partial charge in [-0.05, 0) is 25.8 Å². The normalized spacial score (nSPS) is 13.8. The molecule has 1 aromatic carbocycles. The molecule has 0 N–H and O–H groups in total. The van der Waals surface area contributed by atoms with E-state index in [2.05, 4.69) is 0 Å². The number of hydrogen-bond donors (Lipinski definition) is 0. The van der Waals surface area contributed by atoms with Gasteiger partial charge in [0.25, 0.3) is 0 Å². The van der Waals surface area contributed by atoms with E-state index in [9.17, 15) is 14.7 Å². The molecule has 19 heavy (non-hydrogen) atoms. The SMILES string of the molecule is CC(C)=CCC1=C([O-])C(=O)c2ccccc2C1=O.[K+]. The van der Waals surface area contributed by atoms with E-state index in [1.165, 1.54) is 6.07 Å². The van der Waals surface area contributed by atoms with Crippen LogP contribution in [0, 0.1) is 0 Å². The van der Waals surface area contributed by atoms with Crippen molar-refractivity contribution in [2.75, 3.05) is 0 Å². The molecule has 0 saturated heterocycles. The van der Waals surface area contributed by atoms with Crippen molar-refractivity contribution in [3.63, 3.8) is 0 Å². The molecule has 2 rings (SSSR count). The second-order valence-electron chi connectivity index (χ2n) is 4.50. The predicted octanol–water partition coefficient (Wildman–Crippen LogP) is -0.960. The number of fused-ring (bicyclic) bond motifs is 1. The summed E-state index contributed by atoms with van der Waals surface area (Å²) in [4.78, 5) is 24.0. The molecule has 0 aromatic heterocycles. The summed E-state index contributed by atoms with van der Waals surface area (Å²) in [7, 11) is 0. The van der Waals surface area contributed by atoms with Gasteiger partial charge in [-0.2, -0.15) is 0 Å². The maximum Gasteiger partial charge on any atom is 1.00 e. The summed E-state index contributed by atoms with van der Waals surface area (Å²) in [5.74, 6) is -1.58. The summed E-state index contributed by atoms with van der Waals surface area (Å²) >= 11 is 0. The zero-order chi connectivity index (χ0) is 13.3. The average Bonchev–Trinajstić information content (AvgIpc) is 2.36. The van der Waals surface area contributed by atoms with Crippen molar-refractivity contribution in [3.05, 3.63) is 58.4 Å². The average molecular weight is 280 g/mol.